The molecule has 134 valence electrons. The first-order chi connectivity index (χ1) is 11.5. The molecule has 0 aromatic heterocycles. The summed E-state index contributed by atoms with van der Waals surface area (Å²) in [5, 5.41) is 2.99. The van der Waals surface area contributed by atoms with Crippen LogP contribution in [0.2, 0.25) is 0 Å². The highest BCUT2D eigenvalue weighted by molar-refractivity contribution is 5.74. The molecule has 1 aromatic carbocycles. The van der Waals surface area contributed by atoms with Crippen molar-refractivity contribution in [2.45, 2.75) is 38.9 Å². The third-order valence-corrected chi connectivity index (χ3v) is 4.07. The van der Waals surface area contributed by atoms with E-state index in [1.54, 1.807) is 14.2 Å². The van der Waals surface area contributed by atoms with Crippen LogP contribution < -0.4 is 14.8 Å². The summed E-state index contributed by atoms with van der Waals surface area (Å²) in [6.45, 7) is 5.92. The summed E-state index contributed by atoms with van der Waals surface area (Å²) in [6.07, 6.45) is 1.92. The van der Waals surface area contributed by atoms with E-state index >= 15 is 0 Å². The maximum absolute atomic E-state index is 12.2. The van der Waals surface area contributed by atoms with Gasteiger partial charge in [0.05, 0.1) is 26.4 Å². The second kappa shape index (κ2) is 8.78. The minimum Gasteiger partial charge on any atom is -0.493 e. The summed E-state index contributed by atoms with van der Waals surface area (Å²) in [5.74, 6) is 1.46. The Hall–Kier alpha value is -1.95. The summed E-state index contributed by atoms with van der Waals surface area (Å²) in [5.41, 5.74) is 1.16. The predicted molar refractivity (Wildman–Crippen MR) is 92.8 cm³/mol. The number of urea groups is 1. The lowest BCUT2D eigenvalue weighted by molar-refractivity contribution is -0.0545. The molecule has 1 aliphatic heterocycles. The van der Waals surface area contributed by atoms with Crippen molar-refractivity contribution in [3.05, 3.63) is 23.8 Å². The van der Waals surface area contributed by atoms with Crippen molar-refractivity contribution in [2.75, 3.05) is 33.9 Å². The van der Waals surface area contributed by atoms with E-state index in [2.05, 4.69) is 5.32 Å². The molecule has 0 saturated carbocycles. The summed E-state index contributed by atoms with van der Waals surface area (Å²) in [4.78, 5) is 14.0. The van der Waals surface area contributed by atoms with Crippen LogP contribution in [0.15, 0.2) is 18.2 Å². The number of ether oxygens (including phenoxy) is 3. The van der Waals surface area contributed by atoms with Crippen molar-refractivity contribution < 1.29 is 19.0 Å². The number of morpholine rings is 1. The lowest BCUT2D eigenvalue weighted by Gasteiger charge is -2.35. The maximum Gasteiger partial charge on any atom is 0.317 e. The first-order valence-corrected chi connectivity index (χ1v) is 8.42. The van der Waals surface area contributed by atoms with Crippen molar-refractivity contribution in [3.8, 4) is 11.5 Å². The summed E-state index contributed by atoms with van der Waals surface area (Å²) < 4.78 is 16.2. The van der Waals surface area contributed by atoms with Gasteiger partial charge in [0.1, 0.15) is 0 Å². The monoisotopic (exact) mass is 336 g/mol. The van der Waals surface area contributed by atoms with Gasteiger partial charge in [-0.25, -0.2) is 4.79 Å². The molecule has 0 unspecified atom stereocenters. The van der Waals surface area contributed by atoms with E-state index in [9.17, 15) is 4.79 Å². The Morgan fingerprint density at radius 3 is 2.50 bits per heavy atom. The first kappa shape index (κ1) is 18.4. The molecule has 2 amide bonds. The summed E-state index contributed by atoms with van der Waals surface area (Å²) in [6, 6.07) is 5.90. The van der Waals surface area contributed by atoms with Crippen LogP contribution in [0.5, 0.6) is 11.5 Å². The zero-order valence-electron chi connectivity index (χ0n) is 15.0. The van der Waals surface area contributed by atoms with Crippen molar-refractivity contribution >= 4 is 6.03 Å². The molecule has 6 heteroatoms. The molecule has 2 rings (SSSR count). The van der Waals surface area contributed by atoms with Crippen LogP contribution in [0.3, 0.4) is 0 Å². The molecule has 6 nitrogen and oxygen atoms in total. The standard InChI is InChI=1S/C18H28N2O4/c1-13-11-20(12-14(2)24-13)18(21)19-9-5-6-15-7-8-16(22-3)17(10-15)23-4/h7-8,10,13-14H,5-6,9,11-12H2,1-4H3,(H,19,21)/t13-,14-/m0/s1. The number of hydrogen-bond donors (Lipinski definition) is 1. The minimum absolute atomic E-state index is 0.00990. The van der Waals surface area contributed by atoms with E-state index in [-0.39, 0.29) is 18.2 Å². The molecule has 1 heterocycles. The smallest absolute Gasteiger partial charge is 0.317 e. The van der Waals surface area contributed by atoms with Gasteiger partial charge < -0.3 is 24.4 Å². The molecule has 1 aromatic rings. The van der Waals surface area contributed by atoms with E-state index in [4.69, 9.17) is 14.2 Å². The van der Waals surface area contributed by atoms with E-state index in [0.717, 1.165) is 29.9 Å². The minimum atomic E-state index is -0.00990. The Morgan fingerprint density at radius 1 is 1.21 bits per heavy atom. The average molecular weight is 336 g/mol. The van der Waals surface area contributed by atoms with Gasteiger partial charge in [-0.3, -0.25) is 0 Å². The fourth-order valence-electron chi connectivity index (χ4n) is 2.98. The van der Waals surface area contributed by atoms with E-state index in [1.807, 2.05) is 36.9 Å². The summed E-state index contributed by atoms with van der Waals surface area (Å²) in [7, 11) is 3.26. The Balaban J connectivity index is 1.75. The van der Waals surface area contributed by atoms with Gasteiger partial charge in [-0.2, -0.15) is 0 Å². The van der Waals surface area contributed by atoms with Crippen molar-refractivity contribution in [1.82, 2.24) is 10.2 Å². The van der Waals surface area contributed by atoms with Crippen LogP contribution in [0.25, 0.3) is 0 Å². The van der Waals surface area contributed by atoms with Gasteiger partial charge in [-0.1, -0.05) is 6.07 Å². The second-order valence-electron chi connectivity index (χ2n) is 6.19. The van der Waals surface area contributed by atoms with Crippen molar-refractivity contribution in [3.63, 3.8) is 0 Å². The number of hydrogen-bond acceptors (Lipinski definition) is 4. The van der Waals surface area contributed by atoms with Crippen LogP contribution in [0, 0.1) is 0 Å². The lowest BCUT2D eigenvalue weighted by Crippen LogP contribution is -2.51. The second-order valence-corrected chi connectivity index (χ2v) is 6.19. The lowest BCUT2D eigenvalue weighted by atomic mass is 10.1. The van der Waals surface area contributed by atoms with Crippen LogP contribution in [0.1, 0.15) is 25.8 Å². The Labute approximate surface area is 144 Å². The average Bonchev–Trinajstić information content (AvgIpc) is 2.57. The van der Waals surface area contributed by atoms with E-state index in [1.165, 1.54) is 0 Å². The van der Waals surface area contributed by atoms with Crippen molar-refractivity contribution in [1.29, 1.82) is 0 Å². The number of carbonyl (C=O) groups excluding carboxylic acids is 1. The molecule has 1 saturated heterocycles. The van der Waals surface area contributed by atoms with Gasteiger partial charge in [0.2, 0.25) is 0 Å². The number of nitrogens with zero attached hydrogens (tertiary/aromatic N) is 1. The number of carbonyl (C=O) groups is 1. The van der Waals surface area contributed by atoms with Gasteiger partial charge in [-0.15, -0.1) is 0 Å². The third-order valence-electron chi connectivity index (χ3n) is 4.07. The highest BCUT2D eigenvalue weighted by Gasteiger charge is 2.25. The SMILES string of the molecule is COc1ccc(CCCNC(=O)N2C[C@H](C)O[C@@H](C)C2)cc1OC. The van der Waals surface area contributed by atoms with Gasteiger partial charge >= 0.3 is 6.03 Å². The van der Waals surface area contributed by atoms with Crippen LogP contribution in [-0.2, 0) is 11.2 Å². The molecule has 1 aliphatic rings. The first-order valence-electron chi connectivity index (χ1n) is 8.42. The highest BCUT2D eigenvalue weighted by Crippen LogP contribution is 2.27. The van der Waals surface area contributed by atoms with Crippen LogP contribution in [-0.4, -0.2) is 57.0 Å². The molecule has 1 fully saturated rings. The highest BCUT2D eigenvalue weighted by atomic mass is 16.5. The molecule has 0 aliphatic carbocycles. The molecular formula is C18H28N2O4. The van der Waals surface area contributed by atoms with Crippen LogP contribution in [0.4, 0.5) is 4.79 Å². The predicted octanol–water partition coefficient (Wildman–Crippen LogP) is 2.46. The molecule has 0 spiro atoms. The van der Waals surface area contributed by atoms with Gasteiger partial charge in [-0.05, 0) is 44.4 Å². The fraction of sp³-hybridized carbons (Fsp3) is 0.611. The van der Waals surface area contributed by atoms with Crippen molar-refractivity contribution in [2.24, 2.45) is 0 Å². The molecule has 0 bridgehead atoms. The Bertz CT molecular complexity index is 540. The third kappa shape index (κ3) is 5.03. The zero-order valence-corrected chi connectivity index (χ0v) is 15.0. The van der Waals surface area contributed by atoms with E-state index in [0.29, 0.717) is 19.6 Å². The number of methoxy groups -OCH3 is 2. The van der Waals surface area contributed by atoms with E-state index < -0.39 is 0 Å². The zero-order chi connectivity index (χ0) is 17.5. The largest absolute Gasteiger partial charge is 0.493 e. The maximum atomic E-state index is 12.2. The van der Waals surface area contributed by atoms with Gasteiger partial charge in [0.15, 0.2) is 11.5 Å². The number of aryl methyl sites for hydroxylation is 1. The Morgan fingerprint density at radius 2 is 1.88 bits per heavy atom. The number of benzene rings is 1. The molecule has 24 heavy (non-hydrogen) atoms. The Kier molecular flexibility index (Phi) is 6.73. The number of rotatable bonds is 6. The molecular weight excluding hydrogens is 308 g/mol. The number of amides is 2. The van der Waals surface area contributed by atoms with Crippen LogP contribution >= 0.6 is 0 Å². The molecule has 0 radical (unpaired) electrons. The number of nitrogens with one attached hydrogen (secondary N) is 1. The summed E-state index contributed by atoms with van der Waals surface area (Å²) >= 11 is 0. The molecule has 2 atom stereocenters. The topological polar surface area (TPSA) is 60.0 Å². The van der Waals surface area contributed by atoms with Gasteiger partial charge in [0.25, 0.3) is 0 Å². The molecule has 1 N–H and O–H groups in total. The fourth-order valence-corrected chi connectivity index (χ4v) is 2.98. The quantitative estimate of drug-likeness (QED) is 0.811. The van der Waals surface area contributed by atoms with Gasteiger partial charge in [0, 0.05) is 19.6 Å². The normalized spacial score (nSPS) is 20.6.